The van der Waals surface area contributed by atoms with Gasteiger partial charge in [-0.05, 0) is 64.9 Å². The molecule has 0 aliphatic carbocycles. The van der Waals surface area contributed by atoms with Gasteiger partial charge in [-0.25, -0.2) is 4.39 Å². The molecule has 2 aromatic rings. The fourth-order valence-corrected chi connectivity index (χ4v) is 2.50. The molecule has 104 valence electrons. The van der Waals surface area contributed by atoms with Gasteiger partial charge in [-0.2, -0.15) is 0 Å². The molecule has 20 heavy (non-hydrogen) atoms. The third kappa shape index (κ3) is 3.93. The van der Waals surface area contributed by atoms with Gasteiger partial charge in [0.05, 0.1) is 5.56 Å². The summed E-state index contributed by atoms with van der Waals surface area (Å²) in [5.74, 6) is -0.530. The van der Waals surface area contributed by atoms with E-state index in [0.29, 0.717) is 15.7 Å². The van der Waals surface area contributed by atoms with Crippen molar-refractivity contribution in [3.8, 4) is 0 Å². The van der Waals surface area contributed by atoms with Gasteiger partial charge in [0.1, 0.15) is 5.82 Å². The highest BCUT2D eigenvalue weighted by Gasteiger charge is 2.09. The monoisotopic (exact) mass is 384 g/mol. The highest BCUT2D eigenvalue weighted by Crippen LogP contribution is 2.13. The lowest BCUT2D eigenvalue weighted by molar-refractivity contribution is 0.0953. The Kier molecular flexibility index (Phi) is 4.94. The number of hydrogen-bond acceptors (Lipinski definition) is 2. The van der Waals surface area contributed by atoms with Crippen LogP contribution in [0.25, 0.3) is 0 Å². The van der Waals surface area contributed by atoms with Crippen LogP contribution in [0.15, 0.2) is 42.5 Å². The van der Waals surface area contributed by atoms with Gasteiger partial charge in [0.2, 0.25) is 0 Å². The third-order valence-corrected chi connectivity index (χ3v) is 3.75. The van der Waals surface area contributed by atoms with Gasteiger partial charge in [-0.15, -0.1) is 0 Å². The summed E-state index contributed by atoms with van der Waals surface area (Å²) in [5, 5.41) is 2.82. The highest BCUT2D eigenvalue weighted by molar-refractivity contribution is 14.1. The molecule has 0 bridgehead atoms. The Morgan fingerprint density at radius 3 is 2.55 bits per heavy atom. The highest BCUT2D eigenvalue weighted by atomic mass is 127. The Morgan fingerprint density at radius 2 is 1.90 bits per heavy atom. The summed E-state index contributed by atoms with van der Waals surface area (Å²) in [7, 11) is 0. The SMILES string of the molecule is Nc1ccc(CCNC(=O)c2ccc(F)cc2I)cc1. The van der Waals surface area contributed by atoms with Crippen LogP contribution >= 0.6 is 22.6 Å². The van der Waals surface area contributed by atoms with Crippen LogP contribution in [-0.4, -0.2) is 12.5 Å². The largest absolute Gasteiger partial charge is 0.399 e. The molecule has 0 saturated heterocycles. The zero-order valence-corrected chi connectivity index (χ0v) is 12.9. The molecule has 0 heterocycles. The molecule has 1 amide bonds. The van der Waals surface area contributed by atoms with E-state index in [-0.39, 0.29) is 11.7 Å². The standard InChI is InChI=1S/C15H14FIN2O/c16-11-3-6-13(14(17)9-11)15(20)19-8-7-10-1-4-12(18)5-2-10/h1-6,9H,7-8,18H2,(H,19,20). The maximum absolute atomic E-state index is 13.0. The number of nitrogens with two attached hydrogens (primary N) is 1. The van der Waals surface area contributed by atoms with Crippen molar-refractivity contribution in [2.75, 3.05) is 12.3 Å². The minimum absolute atomic E-state index is 0.190. The summed E-state index contributed by atoms with van der Waals surface area (Å²) in [5.41, 5.74) is 7.92. The number of hydrogen-bond donors (Lipinski definition) is 2. The first kappa shape index (κ1) is 14.8. The van der Waals surface area contributed by atoms with Crippen LogP contribution in [0.5, 0.6) is 0 Å². The molecule has 3 N–H and O–H groups in total. The van der Waals surface area contributed by atoms with Gasteiger partial charge in [0, 0.05) is 15.8 Å². The number of amides is 1. The van der Waals surface area contributed by atoms with E-state index in [9.17, 15) is 9.18 Å². The molecule has 5 heteroatoms. The van der Waals surface area contributed by atoms with Crippen molar-refractivity contribution < 1.29 is 9.18 Å². The lowest BCUT2D eigenvalue weighted by Crippen LogP contribution is -2.26. The molecule has 0 radical (unpaired) electrons. The van der Waals surface area contributed by atoms with Crippen molar-refractivity contribution in [3.05, 3.63) is 63.0 Å². The van der Waals surface area contributed by atoms with Gasteiger partial charge >= 0.3 is 0 Å². The second-order valence-electron chi connectivity index (χ2n) is 4.37. The van der Waals surface area contributed by atoms with Crippen LogP contribution in [0.2, 0.25) is 0 Å². The molecule has 0 saturated carbocycles. The Morgan fingerprint density at radius 1 is 1.20 bits per heavy atom. The predicted octanol–water partition coefficient (Wildman–Crippen LogP) is 2.99. The van der Waals surface area contributed by atoms with E-state index < -0.39 is 0 Å². The van der Waals surface area contributed by atoms with Crippen LogP contribution in [-0.2, 0) is 6.42 Å². The fraction of sp³-hybridized carbons (Fsp3) is 0.133. The lowest BCUT2D eigenvalue weighted by Gasteiger charge is -2.07. The Bertz CT molecular complexity index is 614. The number of carbonyl (C=O) groups excluding carboxylic acids is 1. The molecular weight excluding hydrogens is 370 g/mol. The van der Waals surface area contributed by atoms with Gasteiger partial charge < -0.3 is 11.1 Å². The molecule has 0 atom stereocenters. The van der Waals surface area contributed by atoms with E-state index in [1.807, 2.05) is 46.9 Å². The van der Waals surface area contributed by atoms with E-state index >= 15 is 0 Å². The maximum Gasteiger partial charge on any atom is 0.252 e. The molecule has 0 fully saturated rings. The van der Waals surface area contributed by atoms with Crippen LogP contribution in [0.3, 0.4) is 0 Å². The minimum atomic E-state index is -0.340. The number of nitrogens with one attached hydrogen (secondary N) is 1. The number of carbonyl (C=O) groups is 1. The van der Waals surface area contributed by atoms with Crippen molar-refractivity contribution >= 4 is 34.2 Å². The lowest BCUT2D eigenvalue weighted by atomic mass is 10.1. The topological polar surface area (TPSA) is 55.1 Å². The summed E-state index contributed by atoms with van der Waals surface area (Å²) in [6, 6.07) is 11.7. The second-order valence-corrected chi connectivity index (χ2v) is 5.53. The summed E-state index contributed by atoms with van der Waals surface area (Å²) in [6.07, 6.45) is 0.726. The molecular formula is C15H14FIN2O. The van der Waals surface area contributed by atoms with Gasteiger partial charge in [0.25, 0.3) is 5.91 Å². The van der Waals surface area contributed by atoms with Crippen LogP contribution in [0.4, 0.5) is 10.1 Å². The quantitative estimate of drug-likeness (QED) is 0.629. The van der Waals surface area contributed by atoms with Crippen LogP contribution in [0, 0.1) is 9.39 Å². The van der Waals surface area contributed by atoms with E-state index in [4.69, 9.17) is 5.73 Å². The summed E-state index contributed by atoms with van der Waals surface area (Å²) < 4.78 is 13.6. The van der Waals surface area contributed by atoms with Crippen molar-refractivity contribution in [2.45, 2.75) is 6.42 Å². The average Bonchev–Trinajstić information content (AvgIpc) is 2.41. The zero-order chi connectivity index (χ0) is 14.5. The molecule has 0 aromatic heterocycles. The number of nitrogen functional groups attached to an aromatic ring is 1. The number of anilines is 1. The molecule has 0 spiro atoms. The summed E-state index contributed by atoms with van der Waals surface area (Å²) in [4.78, 5) is 12.0. The van der Waals surface area contributed by atoms with Gasteiger partial charge in [-0.3, -0.25) is 4.79 Å². The first-order chi connectivity index (χ1) is 9.56. The minimum Gasteiger partial charge on any atom is -0.399 e. The van der Waals surface area contributed by atoms with E-state index in [1.54, 1.807) is 0 Å². The molecule has 0 aliphatic rings. The molecule has 0 unspecified atom stereocenters. The summed E-state index contributed by atoms with van der Waals surface area (Å²) >= 11 is 1.95. The van der Waals surface area contributed by atoms with E-state index in [1.165, 1.54) is 18.2 Å². The molecule has 2 aromatic carbocycles. The Labute approximate surface area is 130 Å². The first-order valence-corrected chi connectivity index (χ1v) is 7.22. The zero-order valence-electron chi connectivity index (χ0n) is 10.7. The summed E-state index contributed by atoms with van der Waals surface area (Å²) in [6.45, 7) is 0.524. The fourth-order valence-electron chi connectivity index (χ4n) is 1.77. The normalized spacial score (nSPS) is 10.3. The van der Waals surface area contributed by atoms with Crippen LogP contribution < -0.4 is 11.1 Å². The first-order valence-electron chi connectivity index (χ1n) is 6.14. The number of benzene rings is 2. The van der Waals surface area contributed by atoms with Crippen molar-refractivity contribution in [1.29, 1.82) is 0 Å². The van der Waals surface area contributed by atoms with Crippen molar-refractivity contribution in [1.82, 2.24) is 5.32 Å². The van der Waals surface area contributed by atoms with Crippen molar-refractivity contribution in [3.63, 3.8) is 0 Å². The van der Waals surface area contributed by atoms with E-state index in [0.717, 1.165) is 17.7 Å². The number of rotatable bonds is 4. The van der Waals surface area contributed by atoms with Gasteiger partial charge in [-0.1, -0.05) is 12.1 Å². The average molecular weight is 384 g/mol. The smallest absolute Gasteiger partial charge is 0.252 e. The Hall–Kier alpha value is -1.63. The third-order valence-electron chi connectivity index (χ3n) is 2.85. The number of halogens is 2. The Balaban J connectivity index is 1.90. The van der Waals surface area contributed by atoms with Crippen molar-refractivity contribution in [2.24, 2.45) is 0 Å². The van der Waals surface area contributed by atoms with E-state index in [2.05, 4.69) is 5.32 Å². The molecule has 0 aliphatic heterocycles. The second kappa shape index (κ2) is 6.69. The van der Waals surface area contributed by atoms with Gasteiger partial charge in [0.15, 0.2) is 0 Å². The maximum atomic E-state index is 13.0. The predicted molar refractivity (Wildman–Crippen MR) is 86.0 cm³/mol. The van der Waals surface area contributed by atoms with Crippen LogP contribution in [0.1, 0.15) is 15.9 Å². The molecule has 2 rings (SSSR count). The molecule has 3 nitrogen and oxygen atoms in total.